The summed E-state index contributed by atoms with van der Waals surface area (Å²) in [7, 11) is 0. The molecule has 1 fully saturated rings. The standard InChI is InChI=1S/C17H24N2O2/c20-16-5-1-12(2-6-16)10-19-17(21)14-4-3-13-7-8-18-11-15(13)9-14/h3-4,9,12,16,18,20H,1-2,5-8,10-11H2,(H,19,21). The fourth-order valence-corrected chi connectivity index (χ4v) is 3.31. The first-order valence-electron chi connectivity index (χ1n) is 8.01. The zero-order valence-corrected chi connectivity index (χ0v) is 12.4. The Bertz CT molecular complexity index is 508. The van der Waals surface area contributed by atoms with Crippen LogP contribution >= 0.6 is 0 Å². The highest BCUT2D eigenvalue weighted by Crippen LogP contribution is 2.23. The molecule has 1 aromatic carbocycles. The van der Waals surface area contributed by atoms with E-state index in [0.29, 0.717) is 5.92 Å². The molecule has 0 bridgehead atoms. The lowest BCUT2D eigenvalue weighted by Crippen LogP contribution is -2.32. The third-order valence-electron chi connectivity index (χ3n) is 4.72. The molecule has 1 heterocycles. The number of rotatable bonds is 3. The number of aliphatic hydroxyl groups excluding tert-OH is 1. The van der Waals surface area contributed by atoms with Crippen molar-refractivity contribution >= 4 is 5.91 Å². The van der Waals surface area contributed by atoms with Gasteiger partial charge >= 0.3 is 0 Å². The number of carbonyl (C=O) groups is 1. The molecule has 0 aromatic heterocycles. The van der Waals surface area contributed by atoms with Crippen molar-refractivity contribution in [2.75, 3.05) is 13.1 Å². The Balaban J connectivity index is 1.55. The van der Waals surface area contributed by atoms with E-state index in [1.54, 1.807) is 0 Å². The molecule has 2 aliphatic rings. The van der Waals surface area contributed by atoms with Crippen LogP contribution in [0.15, 0.2) is 18.2 Å². The summed E-state index contributed by atoms with van der Waals surface area (Å²) in [6.07, 6.45) is 4.66. The molecule has 0 unspecified atom stereocenters. The highest BCUT2D eigenvalue weighted by Gasteiger charge is 2.20. The van der Waals surface area contributed by atoms with Crippen LogP contribution in [-0.2, 0) is 13.0 Å². The van der Waals surface area contributed by atoms with Gasteiger partial charge in [0.05, 0.1) is 6.10 Å². The number of benzene rings is 1. The Morgan fingerprint density at radius 3 is 2.86 bits per heavy atom. The number of aliphatic hydroxyl groups is 1. The summed E-state index contributed by atoms with van der Waals surface area (Å²) in [6.45, 7) is 2.60. The predicted molar refractivity (Wildman–Crippen MR) is 82.2 cm³/mol. The molecule has 21 heavy (non-hydrogen) atoms. The average Bonchev–Trinajstić information content (AvgIpc) is 2.53. The Hall–Kier alpha value is -1.39. The van der Waals surface area contributed by atoms with Crippen LogP contribution in [0.2, 0.25) is 0 Å². The average molecular weight is 288 g/mol. The molecule has 1 aromatic rings. The molecule has 4 heteroatoms. The van der Waals surface area contributed by atoms with Gasteiger partial charge in [-0.15, -0.1) is 0 Å². The molecular formula is C17H24N2O2. The lowest BCUT2D eigenvalue weighted by Gasteiger charge is -2.25. The van der Waals surface area contributed by atoms with E-state index >= 15 is 0 Å². The van der Waals surface area contributed by atoms with Crippen molar-refractivity contribution in [2.24, 2.45) is 5.92 Å². The summed E-state index contributed by atoms with van der Waals surface area (Å²) in [5.41, 5.74) is 3.36. The van der Waals surface area contributed by atoms with Crippen molar-refractivity contribution in [3.8, 4) is 0 Å². The SMILES string of the molecule is O=C(NCC1CCC(O)CC1)c1ccc2c(c1)CNCC2. The van der Waals surface area contributed by atoms with Crippen molar-refractivity contribution < 1.29 is 9.90 Å². The van der Waals surface area contributed by atoms with Crippen LogP contribution in [0.4, 0.5) is 0 Å². The molecule has 1 saturated carbocycles. The van der Waals surface area contributed by atoms with Crippen LogP contribution in [-0.4, -0.2) is 30.2 Å². The van der Waals surface area contributed by atoms with Gasteiger partial charge in [0.15, 0.2) is 0 Å². The van der Waals surface area contributed by atoms with Crippen LogP contribution in [0.3, 0.4) is 0 Å². The summed E-state index contributed by atoms with van der Waals surface area (Å²) in [5.74, 6) is 0.533. The number of hydrogen-bond donors (Lipinski definition) is 3. The molecule has 1 aliphatic heterocycles. The van der Waals surface area contributed by atoms with E-state index in [1.807, 2.05) is 12.1 Å². The number of hydrogen-bond acceptors (Lipinski definition) is 3. The Labute approximate surface area is 125 Å². The van der Waals surface area contributed by atoms with Crippen LogP contribution in [0, 0.1) is 5.92 Å². The van der Waals surface area contributed by atoms with Crippen LogP contribution in [0.5, 0.6) is 0 Å². The van der Waals surface area contributed by atoms with Gasteiger partial charge in [-0.3, -0.25) is 4.79 Å². The summed E-state index contributed by atoms with van der Waals surface area (Å²) in [5, 5.41) is 15.9. The first-order chi connectivity index (χ1) is 10.2. The highest BCUT2D eigenvalue weighted by atomic mass is 16.3. The molecule has 4 nitrogen and oxygen atoms in total. The van der Waals surface area contributed by atoms with Crippen LogP contribution in [0.25, 0.3) is 0 Å². The highest BCUT2D eigenvalue weighted by molar-refractivity contribution is 5.94. The maximum absolute atomic E-state index is 12.3. The van der Waals surface area contributed by atoms with E-state index in [-0.39, 0.29) is 12.0 Å². The first-order valence-corrected chi connectivity index (χ1v) is 8.01. The molecular weight excluding hydrogens is 264 g/mol. The van der Waals surface area contributed by atoms with Gasteiger partial charge in [0.1, 0.15) is 0 Å². The third-order valence-corrected chi connectivity index (χ3v) is 4.72. The summed E-state index contributed by atoms with van der Waals surface area (Å²) in [4.78, 5) is 12.3. The van der Waals surface area contributed by atoms with Gasteiger partial charge in [-0.2, -0.15) is 0 Å². The van der Waals surface area contributed by atoms with Crippen molar-refractivity contribution in [3.05, 3.63) is 34.9 Å². The quantitative estimate of drug-likeness (QED) is 0.792. The maximum Gasteiger partial charge on any atom is 0.251 e. The molecule has 0 atom stereocenters. The summed E-state index contributed by atoms with van der Waals surface area (Å²) < 4.78 is 0. The zero-order valence-electron chi connectivity index (χ0n) is 12.4. The Morgan fingerprint density at radius 2 is 2.05 bits per heavy atom. The van der Waals surface area contributed by atoms with E-state index in [9.17, 15) is 9.90 Å². The number of amides is 1. The van der Waals surface area contributed by atoms with Gasteiger partial charge in [-0.1, -0.05) is 6.07 Å². The fraction of sp³-hybridized carbons (Fsp3) is 0.588. The summed E-state index contributed by atoms with van der Waals surface area (Å²) in [6, 6.07) is 6.04. The number of fused-ring (bicyclic) bond motifs is 1. The van der Waals surface area contributed by atoms with Crippen molar-refractivity contribution in [3.63, 3.8) is 0 Å². The normalized spacial score (nSPS) is 25.2. The lowest BCUT2D eigenvalue weighted by atomic mass is 9.87. The molecule has 3 N–H and O–H groups in total. The minimum Gasteiger partial charge on any atom is -0.393 e. The molecule has 0 saturated heterocycles. The van der Waals surface area contributed by atoms with Gasteiger partial charge < -0.3 is 15.7 Å². The first kappa shape index (κ1) is 14.5. The van der Waals surface area contributed by atoms with Crippen molar-refractivity contribution in [1.29, 1.82) is 0 Å². The second kappa shape index (κ2) is 6.58. The second-order valence-corrected chi connectivity index (χ2v) is 6.29. The maximum atomic E-state index is 12.3. The molecule has 0 radical (unpaired) electrons. The largest absolute Gasteiger partial charge is 0.393 e. The van der Waals surface area contributed by atoms with E-state index in [0.717, 1.165) is 57.3 Å². The van der Waals surface area contributed by atoms with Crippen LogP contribution in [0.1, 0.15) is 47.2 Å². The monoisotopic (exact) mass is 288 g/mol. The smallest absolute Gasteiger partial charge is 0.251 e. The molecule has 0 spiro atoms. The van der Waals surface area contributed by atoms with Gasteiger partial charge in [-0.25, -0.2) is 0 Å². The van der Waals surface area contributed by atoms with Gasteiger partial charge in [0.2, 0.25) is 0 Å². The third kappa shape index (κ3) is 3.63. The van der Waals surface area contributed by atoms with E-state index in [1.165, 1.54) is 11.1 Å². The van der Waals surface area contributed by atoms with Crippen molar-refractivity contribution in [2.45, 2.75) is 44.8 Å². The number of nitrogens with one attached hydrogen (secondary N) is 2. The van der Waals surface area contributed by atoms with Crippen LogP contribution < -0.4 is 10.6 Å². The van der Waals surface area contributed by atoms with E-state index < -0.39 is 0 Å². The lowest BCUT2D eigenvalue weighted by molar-refractivity contribution is 0.0910. The molecule has 3 rings (SSSR count). The van der Waals surface area contributed by atoms with Gasteiger partial charge in [0.25, 0.3) is 5.91 Å². The molecule has 114 valence electrons. The topological polar surface area (TPSA) is 61.4 Å². The number of carbonyl (C=O) groups excluding carboxylic acids is 1. The van der Waals surface area contributed by atoms with E-state index in [4.69, 9.17) is 0 Å². The Morgan fingerprint density at radius 1 is 1.24 bits per heavy atom. The fourth-order valence-electron chi connectivity index (χ4n) is 3.31. The predicted octanol–water partition coefficient (Wildman–Crippen LogP) is 1.61. The minimum atomic E-state index is -0.134. The minimum absolute atomic E-state index is 0.0227. The van der Waals surface area contributed by atoms with E-state index in [2.05, 4.69) is 16.7 Å². The Kier molecular flexibility index (Phi) is 4.56. The zero-order chi connectivity index (χ0) is 14.7. The van der Waals surface area contributed by atoms with Gasteiger partial charge in [0, 0.05) is 18.7 Å². The molecule has 1 aliphatic carbocycles. The second-order valence-electron chi connectivity index (χ2n) is 6.29. The van der Waals surface area contributed by atoms with Crippen molar-refractivity contribution in [1.82, 2.24) is 10.6 Å². The summed E-state index contributed by atoms with van der Waals surface area (Å²) >= 11 is 0. The van der Waals surface area contributed by atoms with Gasteiger partial charge in [-0.05, 0) is 67.8 Å². The molecule has 1 amide bonds.